The Morgan fingerprint density at radius 3 is 2.81 bits per heavy atom. The van der Waals surface area contributed by atoms with E-state index in [-0.39, 0.29) is 41.4 Å². The monoisotopic (exact) mass is 652 g/mol. The summed E-state index contributed by atoms with van der Waals surface area (Å²) in [7, 11) is 0. The first-order valence-electron chi connectivity index (χ1n) is 17.5. The van der Waals surface area contributed by atoms with Crippen LogP contribution in [0.5, 0.6) is 6.01 Å². The molecular weight excluding hydrogens is 613 g/mol. The van der Waals surface area contributed by atoms with Crippen molar-refractivity contribution in [2.24, 2.45) is 0 Å². The largest absolute Gasteiger partial charge is 0.461 e. The van der Waals surface area contributed by atoms with Crippen molar-refractivity contribution in [3.63, 3.8) is 0 Å². The van der Waals surface area contributed by atoms with Gasteiger partial charge in [0.2, 0.25) is 0 Å². The van der Waals surface area contributed by atoms with Crippen LogP contribution in [0.1, 0.15) is 75.5 Å². The summed E-state index contributed by atoms with van der Waals surface area (Å²) >= 11 is 0. The molecule has 0 radical (unpaired) electrons. The van der Waals surface area contributed by atoms with E-state index in [4.69, 9.17) is 26.1 Å². The minimum atomic E-state index is -0.894. The molecule has 4 aromatic rings. The number of hydrogen-bond donors (Lipinski definition) is 1. The van der Waals surface area contributed by atoms with Gasteiger partial charge in [0, 0.05) is 54.5 Å². The minimum Gasteiger partial charge on any atom is -0.461 e. The highest BCUT2D eigenvalue weighted by Gasteiger charge is 2.50. The number of terminal acetylenes is 1. The van der Waals surface area contributed by atoms with Crippen LogP contribution >= 0.6 is 0 Å². The third-order valence-corrected chi connectivity index (χ3v) is 11.9. The van der Waals surface area contributed by atoms with E-state index in [0.717, 1.165) is 63.7 Å². The van der Waals surface area contributed by atoms with E-state index in [2.05, 4.69) is 28.0 Å². The predicted octanol–water partition coefficient (Wildman–Crippen LogP) is 6.66. The molecule has 4 fully saturated rings. The van der Waals surface area contributed by atoms with Gasteiger partial charge >= 0.3 is 6.01 Å². The second-order valence-corrected chi connectivity index (χ2v) is 14.5. The molecule has 5 aliphatic rings. The van der Waals surface area contributed by atoms with Crippen LogP contribution in [0, 0.1) is 24.0 Å². The van der Waals surface area contributed by atoms with Crippen molar-refractivity contribution >= 4 is 27.5 Å². The second-order valence-electron chi connectivity index (χ2n) is 14.5. The van der Waals surface area contributed by atoms with Gasteiger partial charge < -0.3 is 15.0 Å². The highest BCUT2D eigenvalue weighted by molar-refractivity contribution is 6.03. The summed E-state index contributed by atoms with van der Waals surface area (Å²) in [5, 5.41) is 5.58. The molecule has 9 rings (SSSR count). The van der Waals surface area contributed by atoms with Crippen LogP contribution in [0.2, 0.25) is 0 Å². The van der Waals surface area contributed by atoms with Gasteiger partial charge in [0.1, 0.15) is 35.6 Å². The minimum absolute atomic E-state index is 0.0342. The van der Waals surface area contributed by atoms with Gasteiger partial charge in [0.15, 0.2) is 5.82 Å². The maximum absolute atomic E-state index is 17.3. The van der Waals surface area contributed by atoms with Gasteiger partial charge in [-0.1, -0.05) is 37.1 Å². The first-order chi connectivity index (χ1) is 23.4. The molecule has 0 unspecified atom stereocenters. The summed E-state index contributed by atoms with van der Waals surface area (Å²) in [5.41, 5.74) is 1.09. The molecule has 7 heterocycles. The number of anilines is 1. The second kappa shape index (κ2) is 11.3. The Morgan fingerprint density at radius 2 is 1.96 bits per heavy atom. The Kier molecular flexibility index (Phi) is 7.10. The van der Waals surface area contributed by atoms with Crippen molar-refractivity contribution in [2.45, 2.75) is 94.0 Å². The van der Waals surface area contributed by atoms with Crippen LogP contribution in [0.3, 0.4) is 0 Å². The zero-order chi connectivity index (χ0) is 32.7. The number of hydrogen-bond acceptors (Lipinski definition) is 7. The number of alkyl halides is 1. The molecule has 0 amide bonds. The molecule has 2 aromatic carbocycles. The lowest BCUT2D eigenvalue weighted by atomic mass is 9.86. The van der Waals surface area contributed by atoms with Crippen LogP contribution in [0.4, 0.5) is 19.0 Å². The van der Waals surface area contributed by atoms with Crippen LogP contribution in [-0.2, 0) is 0 Å². The summed E-state index contributed by atoms with van der Waals surface area (Å²) in [6, 6.07) is 9.35. The summed E-state index contributed by atoms with van der Waals surface area (Å²) in [6.07, 6.45) is 12.0. The number of rotatable bonds is 5. The van der Waals surface area contributed by atoms with Crippen molar-refractivity contribution in [1.82, 2.24) is 25.2 Å². The lowest BCUT2D eigenvalue weighted by molar-refractivity contribution is 0.107. The average Bonchev–Trinajstić information content (AvgIpc) is 3.76. The fraction of sp³-hybridized carbons (Fsp3) is 0.500. The summed E-state index contributed by atoms with van der Waals surface area (Å²) in [5.74, 6) is 2.04. The maximum Gasteiger partial charge on any atom is 0.319 e. The highest BCUT2D eigenvalue weighted by Crippen LogP contribution is 2.46. The topological polar surface area (TPSA) is 66.4 Å². The van der Waals surface area contributed by atoms with Gasteiger partial charge in [0.25, 0.3) is 0 Å². The predicted molar refractivity (Wildman–Crippen MR) is 180 cm³/mol. The molecule has 4 saturated heterocycles. The van der Waals surface area contributed by atoms with Crippen LogP contribution in [0.15, 0.2) is 30.3 Å². The molecule has 48 heavy (non-hydrogen) atoms. The Morgan fingerprint density at radius 1 is 1.06 bits per heavy atom. The van der Waals surface area contributed by atoms with Crippen molar-refractivity contribution in [2.75, 3.05) is 31.1 Å². The molecular formula is C38H39F3N6O. The van der Waals surface area contributed by atoms with Gasteiger partial charge in [-0.25, -0.2) is 18.2 Å². The van der Waals surface area contributed by atoms with E-state index in [1.807, 2.05) is 12.1 Å². The first-order valence-corrected chi connectivity index (χ1v) is 17.5. The molecule has 0 spiro atoms. The van der Waals surface area contributed by atoms with E-state index in [9.17, 15) is 4.39 Å². The number of benzene rings is 2. The van der Waals surface area contributed by atoms with Gasteiger partial charge in [0.05, 0.1) is 22.2 Å². The molecule has 2 bridgehead atoms. The zero-order valence-corrected chi connectivity index (χ0v) is 27.1. The Bertz CT molecular complexity index is 2000. The molecule has 2 aromatic heterocycles. The molecule has 1 N–H and O–H groups in total. The van der Waals surface area contributed by atoms with Crippen LogP contribution in [-0.4, -0.2) is 75.9 Å². The summed E-state index contributed by atoms with van der Waals surface area (Å²) < 4.78 is 53.5. The third kappa shape index (κ3) is 4.53. The standard InChI is InChI=1S/C38H39F3N6O/c1-3-21-10-14-29-28-13-11-24(42-28)19-47(29)36-31-33(21)43-34(26-8-5-7-22-9-12-27(40)25(4-2)30(22)26)32(41)35(31)44-37(45-36)48-20-38-15-6-16-46(38)18-23(39)17-38/h2,5,7-9,12,21,23-24,28-29,42H,3,6,10-11,13-20H2,1H3/t21-,23-,24-,28+,29-,38+/m1/s1. The number of halogens is 3. The molecule has 0 saturated carbocycles. The van der Waals surface area contributed by atoms with Gasteiger partial charge in [-0.2, -0.15) is 9.97 Å². The summed E-state index contributed by atoms with van der Waals surface area (Å²) in [6.45, 7) is 4.39. The summed E-state index contributed by atoms with van der Waals surface area (Å²) in [4.78, 5) is 19.5. The Balaban J connectivity index is 1.28. The lowest BCUT2D eigenvalue weighted by Crippen LogP contribution is -2.58. The fourth-order valence-electron chi connectivity index (χ4n) is 9.64. The van der Waals surface area contributed by atoms with Crippen molar-refractivity contribution in [1.29, 1.82) is 0 Å². The number of ether oxygens (including phenoxy) is 1. The highest BCUT2D eigenvalue weighted by atomic mass is 19.1. The first kappa shape index (κ1) is 30.1. The lowest BCUT2D eigenvalue weighted by Gasteiger charge is -2.44. The van der Waals surface area contributed by atoms with Gasteiger partial charge in [-0.05, 0) is 62.9 Å². The van der Waals surface area contributed by atoms with Gasteiger partial charge in [-0.15, -0.1) is 6.42 Å². The number of nitrogens with one attached hydrogen (secondary N) is 1. The van der Waals surface area contributed by atoms with Crippen molar-refractivity contribution in [3.05, 3.63) is 53.2 Å². The van der Waals surface area contributed by atoms with Crippen LogP contribution < -0.4 is 15.0 Å². The number of fused-ring (bicyclic) bond motifs is 7. The van der Waals surface area contributed by atoms with Crippen LogP contribution in [0.25, 0.3) is 32.9 Å². The maximum atomic E-state index is 17.3. The smallest absolute Gasteiger partial charge is 0.319 e. The Labute approximate surface area is 278 Å². The van der Waals surface area contributed by atoms with E-state index in [1.54, 1.807) is 12.1 Å². The third-order valence-electron chi connectivity index (χ3n) is 11.9. The van der Waals surface area contributed by atoms with E-state index in [1.165, 1.54) is 6.07 Å². The average molecular weight is 653 g/mol. The van der Waals surface area contributed by atoms with E-state index in [0.29, 0.717) is 52.6 Å². The SMILES string of the molecule is C#Cc1c(F)ccc2cccc(-c3nc4c5c(nc(OC[C@@]67CCCN6C[C@H](F)C7)nc5c3F)N3C[C@H]5CC[C@H](N5)[C@H]3CC[C@H]4CC)c12. The van der Waals surface area contributed by atoms with Crippen molar-refractivity contribution in [3.8, 4) is 29.6 Å². The molecule has 5 aliphatic heterocycles. The number of pyridine rings is 1. The number of piperazine rings is 1. The Hall–Kier alpha value is -3.94. The molecule has 7 nitrogen and oxygen atoms in total. The zero-order valence-electron chi connectivity index (χ0n) is 27.1. The fourth-order valence-corrected chi connectivity index (χ4v) is 9.64. The molecule has 10 heteroatoms. The van der Waals surface area contributed by atoms with E-state index >= 15 is 8.78 Å². The number of aromatic nitrogens is 3. The molecule has 6 atom stereocenters. The van der Waals surface area contributed by atoms with Gasteiger partial charge in [-0.3, -0.25) is 4.90 Å². The molecule has 0 aliphatic carbocycles. The van der Waals surface area contributed by atoms with Crippen molar-refractivity contribution < 1.29 is 17.9 Å². The number of nitrogens with zero attached hydrogens (tertiary/aromatic N) is 5. The normalized spacial score (nSPS) is 29.5. The quantitative estimate of drug-likeness (QED) is 0.242. The molecule has 248 valence electrons. The van der Waals surface area contributed by atoms with E-state index < -0.39 is 23.3 Å².